The number of hydrogen-bond acceptors (Lipinski definition) is 4. The molecular formula is C29H23F3N2O5S. The molecule has 11 heteroatoms. The average molecular weight is 569 g/mol. The van der Waals surface area contributed by atoms with Gasteiger partial charge in [0.05, 0.1) is 5.56 Å². The molecular weight excluding hydrogens is 545 g/mol. The van der Waals surface area contributed by atoms with Crippen molar-refractivity contribution < 1.29 is 31.5 Å². The zero-order valence-electron chi connectivity index (χ0n) is 21.1. The van der Waals surface area contributed by atoms with Crippen molar-refractivity contribution in [2.24, 2.45) is 0 Å². The van der Waals surface area contributed by atoms with E-state index in [4.69, 9.17) is 0 Å². The molecule has 1 aliphatic rings. The van der Waals surface area contributed by atoms with Crippen LogP contribution < -0.4 is 5.56 Å². The summed E-state index contributed by atoms with van der Waals surface area (Å²) in [6, 6.07) is 15.3. The van der Waals surface area contributed by atoms with Crippen LogP contribution in [-0.4, -0.2) is 42.0 Å². The molecule has 40 heavy (non-hydrogen) atoms. The predicted octanol–water partition coefficient (Wildman–Crippen LogP) is 5.18. The Morgan fingerprint density at radius 2 is 1.77 bits per heavy atom. The minimum atomic E-state index is -4.74. The first-order valence-corrected chi connectivity index (χ1v) is 13.6. The number of nitrogens with zero attached hydrogens (tertiary/aromatic N) is 2. The maximum atomic E-state index is 13.8. The van der Waals surface area contributed by atoms with E-state index in [0.717, 1.165) is 33.3 Å². The number of pyridine rings is 1. The summed E-state index contributed by atoms with van der Waals surface area (Å²) >= 11 is 0. The summed E-state index contributed by atoms with van der Waals surface area (Å²) in [5.74, 6) is -1.46. The van der Waals surface area contributed by atoms with Crippen LogP contribution in [0.25, 0.3) is 28.0 Å². The molecule has 0 radical (unpaired) electrons. The molecule has 0 aliphatic carbocycles. The maximum absolute atomic E-state index is 13.8. The Morgan fingerprint density at radius 3 is 2.45 bits per heavy atom. The van der Waals surface area contributed by atoms with Crippen LogP contribution in [0.2, 0.25) is 0 Å². The molecule has 1 aliphatic heterocycles. The van der Waals surface area contributed by atoms with Crippen molar-refractivity contribution >= 4 is 32.8 Å². The second-order valence-electron chi connectivity index (χ2n) is 9.48. The van der Waals surface area contributed by atoms with Crippen LogP contribution in [0, 0.1) is 0 Å². The molecule has 0 amide bonds. The van der Waals surface area contributed by atoms with Gasteiger partial charge in [0.25, 0.3) is 15.6 Å². The van der Waals surface area contributed by atoms with Crippen LogP contribution >= 0.6 is 0 Å². The average Bonchev–Trinajstić information content (AvgIpc) is 2.91. The predicted molar refractivity (Wildman–Crippen MR) is 144 cm³/mol. The van der Waals surface area contributed by atoms with Crippen molar-refractivity contribution in [3.8, 4) is 11.1 Å². The lowest BCUT2D eigenvalue weighted by molar-refractivity contribution is -0.141. The quantitative estimate of drug-likeness (QED) is 0.358. The van der Waals surface area contributed by atoms with Gasteiger partial charge in [-0.05, 0) is 46.0 Å². The summed E-state index contributed by atoms with van der Waals surface area (Å²) in [6.07, 6.45) is -3.58. The van der Waals surface area contributed by atoms with Gasteiger partial charge in [-0.3, -0.25) is 9.36 Å². The molecule has 1 unspecified atom stereocenters. The number of carbonyl (C=O) groups is 1. The third-order valence-electron chi connectivity index (χ3n) is 7.12. The van der Waals surface area contributed by atoms with E-state index in [0.29, 0.717) is 10.1 Å². The largest absolute Gasteiger partial charge is 0.480 e. The number of aliphatic carboxylic acids is 1. The van der Waals surface area contributed by atoms with E-state index in [9.17, 15) is 36.3 Å². The van der Waals surface area contributed by atoms with Crippen LogP contribution in [0.4, 0.5) is 13.2 Å². The molecule has 3 aromatic carbocycles. The highest BCUT2D eigenvalue weighted by Gasteiger charge is 2.43. The lowest BCUT2D eigenvalue weighted by Gasteiger charge is -2.34. The van der Waals surface area contributed by atoms with Crippen molar-refractivity contribution in [1.82, 2.24) is 8.87 Å². The van der Waals surface area contributed by atoms with E-state index in [1.165, 1.54) is 19.2 Å². The third-order valence-corrected chi connectivity index (χ3v) is 8.98. The molecule has 1 N–H and O–H groups in total. The smallest absolute Gasteiger partial charge is 0.416 e. The first-order valence-electron chi connectivity index (χ1n) is 12.1. The fraction of sp³-hybridized carbons (Fsp3) is 0.172. The Labute approximate surface area is 227 Å². The Kier molecular flexibility index (Phi) is 6.67. The lowest BCUT2D eigenvalue weighted by Crippen LogP contribution is -2.48. The summed E-state index contributed by atoms with van der Waals surface area (Å²) in [7, 11) is -3.33. The van der Waals surface area contributed by atoms with Gasteiger partial charge in [0, 0.05) is 24.7 Å². The highest BCUT2D eigenvalue weighted by Crippen LogP contribution is 2.41. The number of rotatable bonds is 5. The van der Waals surface area contributed by atoms with E-state index >= 15 is 0 Å². The Balaban J connectivity index is 1.96. The summed E-state index contributed by atoms with van der Waals surface area (Å²) in [4.78, 5) is 26.0. The van der Waals surface area contributed by atoms with Gasteiger partial charge in [-0.2, -0.15) is 17.5 Å². The highest BCUT2D eigenvalue weighted by atomic mass is 32.2. The van der Waals surface area contributed by atoms with E-state index in [2.05, 4.69) is 6.58 Å². The first kappa shape index (κ1) is 27.4. The molecule has 0 spiro atoms. The molecule has 0 saturated heterocycles. The van der Waals surface area contributed by atoms with Gasteiger partial charge in [-0.25, -0.2) is 13.2 Å². The molecule has 206 valence electrons. The molecule has 5 rings (SSSR count). The number of carboxylic acid groups (broad SMARTS) is 1. The summed E-state index contributed by atoms with van der Waals surface area (Å²) in [6.45, 7) is 3.18. The number of fused-ring (bicyclic) bond motifs is 2. The number of benzene rings is 3. The molecule has 0 bridgehead atoms. The summed E-state index contributed by atoms with van der Waals surface area (Å²) < 4.78 is 70.2. The third kappa shape index (κ3) is 4.40. The number of halogens is 3. The highest BCUT2D eigenvalue weighted by molar-refractivity contribution is 7.89. The second-order valence-corrected chi connectivity index (χ2v) is 11.4. The molecule has 1 atom stereocenters. The zero-order chi connectivity index (χ0) is 29.0. The van der Waals surface area contributed by atoms with Crippen LogP contribution in [0.1, 0.15) is 28.3 Å². The molecule has 1 aromatic heterocycles. The number of sulfonamides is 1. The van der Waals surface area contributed by atoms with Crippen LogP contribution in [0.15, 0.2) is 83.1 Å². The number of aromatic nitrogens is 1. The van der Waals surface area contributed by atoms with Gasteiger partial charge >= 0.3 is 12.1 Å². The minimum absolute atomic E-state index is 0.0334. The fourth-order valence-electron chi connectivity index (χ4n) is 5.21. The van der Waals surface area contributed by atoms with E-state index in [1.807, 2.05) is 30.3 Å². The lowest BCUT2D eigenvalue weighted by atomic mass is 9.90. The molecule has 2 heterocycles. The number of likely N-dealkylation sites (N-methyl/N-ethyl adjacent to an activating group) is 1. The topological polar surface area (TPSA) is 96.7 Å². The van der Waals surface area contributed by atoms with Crippen LogP contribution in [0.5, 0.6) is 0 Å². The number of alkyl halides is 3. The van der Waals surface area contributed by atoms with Crippen molar-refractivity contribution in [2.75, 3.05) is 13.6 Å². The van der Waals surface area contributed by atoms with E-state index < -0.39 is 50.9 Å². The van der Waals surface area contributed by atoms with Crippen LogP contribution in [-0.2, 0) is 27.4 Å². The van der Waals surface area contributed by atoms with Crippen molar-refractivity contribution in [3.63, 3.8) is 0 Å². The SMILES string of the molecule is C=Cc1c(Cc2cccc3ccccc23)c(-c2cccc(C(F)(F)F)c2)c2n(c1=O)C(C(=O)O)CN(C)S2(=O)=O. The van der Waals surface area contributed by atoms with Gasteiger partial charge in [0.1, 0.15) is 6.04 Å². The Hall–Kier alpha value is -4.22. The van der Waals surface area contributed by atoms with Gasteiger partial charge in [-0.15, -0.1) is 0 Å². The summed E-state index contributed by atoms with van der Waals surface area (Å²) in [5.41, 5.74) is -1.50. The standard InChI is InChI=1S/C29H23F3N2O5S/c1-3-21-23(15-18-10-6-9-17-8-4-5-13-22(17)18)25(19-11-7-12-20(14-19)29(30,31)32)27-34(26(21)35)24(28(36)37)16-33(2)40(27,38)39/h3-14,24H,1,15-16H2,2H3,(H,36,37). The van der Waals surface area contributed by atoms with E-state index in [1.54, 1.807) is 12.1 Å². The minimum Gasteiger partial charge on any atom is -0.480 e. The van der Waals surface area contributed by atoms with Gasteiger partial charge in [0.2, 0.25) is 0 Å². The molecule has 0 fully saturated rings. The van der Waals surface area contributed by atoms with Gasteiger partial charge in [0.15, 0.2) is 5.03 Å². The van der Waals surface area contributed by atoms with Crippen molar-refractivity contribution in [1.29, 1.82) is 0 Å². The van der Waals surface area contributed by atoms with Crippen molar-refractivity contribution in [3.05, 3.63) is 106 Å². The zero-order valence-corrected chi connectivity index (χ0v) is 22.0. The normalized spacial score (nSPS) is 16.9. The monoisotopic (exact) mass is 568 g/mol. The Bertz CT molecular complexity index is 1860. The second kappa shape index (κ2) is 9.76. The molecule has 0 saturated carbocycles. The maximum Gasteiger partial charge on any atom is 0.416 e. The first-order chi connectivity index (χ1) is 18.9. The Morgan fingerprint density at radius 1 is 1.10 bits per heavy atom. The summed E-state index contributed by atoms with van der Waals surface area (Å²) in [5, 5.41) is 10.9. The van der Waals surface area contributed by atoms with Gasteiger partial charge in [-0.1, -0.05) is 67.3 Å². The van der Waals surface area contributed by atoms with Gasteiger partial charge < -0.3 is 5.11 Å². The number of carboxylic acids is 1. The molecule has 4 aromatic rings. The van der Waals surface area contributed by atoms with Crippen LogP contribution in [0.3, 0.4) is 0 Å². The van der Waals surface area contributed by atoms with Crippen molar-refractivity contribution in [2.45, 2.75) is 23.7 Å². The molecule has 7 nitrogen and oxygen atoms in total. The van der Waals surface area contributed by atoms with E-state index in [-0.39, 0.29) is 28.7 Å². The fourth-order valence-corrected chi connectivity index (χ4v) is 6.80. The number of hydrogen-bond donors (Lipinski definition) is 1.